The molecule has 3 heteroatoms. The Morgan fingerprint density at radius 1 is 1.50 bits per heavy atom. The first-order valence-electron chi connectivity index (χ1n) is 4.67. The summed E-state index contributed by atoms with van der Waals surface area (Å²) in [6.45, 7) is 1.45. The number of carboxylic acids is 1. The van der Waals surface area contributed by atoms with E-state index in [0.29, 0.717) is 6.54 Å². The number of nitrogens with zero attached hydrogens (tertiary/aromatic N) is 1. The van der Waals surface area contributed by atoms with E-state index in [9.17, 15) is 4.79 Å². The van der Waals surface area contributed by atoms with Crippen molar-refractivity contribution < 1.29 is 9.90 Å². The fourth-order valence-electron chi connectivity index (χ4n) is 1.99. The number of fused-ring (bicyclic) bond motifs is 1. The molecule has 0 amide bonds. The summed E-state index contributed by atoms with van der Waals surface area (Å²) in [5, 5.41) is 9.08. The molecule has 0 aromatic heterocycles. The molecule has 1 unspecified atom stereocenters. The summed E-state index contributed by atoms with van der Waals surface area (Å²) in [5.41, 5.74) is 2.10. The molecule has 0 aliphatic carbocycles. The Hall–Kier alpha value is -1.35. The number of hydrogen-bond acceptors (Lipinski definition) is 2. The predicted octanol–water partition coefficient (Wildman–Crippen LogP) is 1.30. The van der Waals surface area contributed by atoms with Crippen LogP contribution in [0.25, 0.3) is 0 Å². The van der Waals surface area contributed by atoms with E-state index >= 15 is 0 Å². The summed E-state index contributed by atoms with van der Waals surface area (Å²) in [7, 11) is 1.95. The highest BCUT2D eigenvalue weighted by Crippen LogP contribution is 2.27. The number of aliphatic carboxylic acids is 1. The van der Waals surface area contributed by atoms with Crippen LogP contribution in [0.5, 0.6) is 0 Å². The Morgan fingerprint density at radius 3 is 2.93 bits per heavy atom. The molecule has 0 saturated heterocycles. The van der Waals surface area contributed by atoms with Gasteiger partial charge in [0.25, 0.3) is 0 Å². The third-order valence-electron chi connectivity index (χ3n) is 2.66. The summed E-state index contributed by atoms with van der Waals surface area (Å²) in [6.07, 6.45) is 0. The van der Waals surface area contributed by atoms with E-state index in [0.717, 1.165) is 17.7 Å². The number of hydrogen-bond donors (Lipinski definition) is 1. The van der Waals surface area contributed by atoms with Crippen molar-refractivity contribution in [1.29, 1.82) is 0 Å². The maximum absolute atomic E-state index is 11.0. The van der Waals surface area contributed by atoms with Gasteiger partial charge in [-0.25, -0.2) is 0 Å². The molecule has 2 rings (SSSR count). The molecule has 0 saturated carbocycles. The molecule has 74 valence electrons. The lowest BCUT2D eigenvalue weighted by Gasteiger charge is -2.29. The molecular weight excluding hydrogens is 178 g/mol. The second-order valence-corrected chi connectivity index (χ2v) is 3.79. The number of likely N-dealkylation sites (N-methyl/N-ethyl adjacent to an activating group) is 1. The van der Waals surface area contributed by atoms with Gasteiger partial charge in [-0.15, -0.1) is 0 Å². The summed E-state index contributed by atoms with van der Waals surface area (Å²) in [5.74, 6) is -1.10. The Balaban J connectivity index is 2.43. The van der Waals surface area contributed by atoms with Crippen LogP contribution in [0.15, 0.2) is 24.3 Å². The highest BCUT2D eigenvalue weighted by Gasteiger charge is 2.28. The molecule has 0 bridgehead atoms. The van der Waals surface area contributed by atoms with E-state index in [-0.39, 0.29) is 5.92 Å². The SMILES string of the molecule is CN1Cc2ccccc2C(C(=O)O)C1. The van der Waals surface area contributed by atoms with E-state index in [1.165, 1.54) is 0 Å². The van der Waals surface area contributed by atoms with Gasteiger partial charge in [0, 0.05) is 13.1 Å². The van der Waals surface area contributed by atoms with E-state index in [2.05, 4.69) is 0 Å². The highest BCUT2D eigenvalue weighted by molar-refractivity contribution is 5.77. The topological polar surface area (TPSA) is 40.5 Å². The lowest BCUT2D eigenvalue weighted by Crippen LogP contribution is -2.34. The van der Waals surface area contributed by atoms with Crippen molar-refractivity contribution >= 4 is 5.97 Å². The van der Waals surface area contributed by atoms with Gasteiger partial charge in [-0.05, 0) is 18.2 Å². The minimum absolute atomic E-state index is 0.370. The summed E-state index contributed by atoms with van der Waals surface area (Å²) < 4.78 is 0. The number of carbonyl (C=O) groups is 1. The minimum Gasteiger partial charge on any atom is -0.481 e. The molecule has 1 aliphatic rings. The molecule has 0 fully saturated rings. The summed E-state index contributed by atoms with van der Waals surface area (Å²) in [4.78, 5) is 13.1. The standard InChI is InChI=1S/C11H13NO2/c1-12-6-8-4-2-3-5-9(8)10(7-12)11(13)14/h2-5,10H,6-7H2,1H3,(H,13,14). The van der Waals surface area contributed by atoms with E-state index in [1.54, 1.807) is 0 Å². The van der Waals surface area contributed by atoms with Crippen molar-refractivity contribution in [2.45, 2.75) is 12.5 Å². The molecule has 14 heavy (non-hydrogen) atoms. The molecule has 1 atom stereocenters. The van der Waals surface area contributed by atoms with Crippen LogP contribution in [0.4, 0.5) is 0 Å². The number of carboxylic acid groups (broad SMARTS) is 1. The van der Waals surface area contributed by atoms with Gasteiger partial charge in [0.2, 0.25) is 0 Å². The van der Waals surface area contributed by atoms with Gasteiger partial charge in [0.15, 0.2) is 0 Å². The maximum atomic E-state index is 11.0. The Morgan fingerprint density at radius 2 is 2.21 bits per heavy atom. The first-order valence-corrected chi connectivity index (χ1v) is 4.67. The van der Waals surface area contributed by atoms with Crippen LogP contribution >= 0.6 is 0 Å². The van der Waals surface area contributed by atoms with Crippen LogP contribution in [-0.2, 0) is 11.3 Å². The van der Waals surface area contributed by atoms with Crippen molar-refractivity contribution in [1.82, 2.24) is 4.90 Å². The zero-order chi connectivity index (χ0) is 10.1. The number of benzene rings is 1. The van der Waals surface area contributed by atoms with Crippen LogP contribution in [0, 0.1) is 0 Å². The molecule has 1 heterocycles. The molecule has 1 aromatic carbocycles. The second-order valence-electron chi connectivity index (χ2n) is 3.79. The smallest absolute Gasteiger partial charge is 0.312 e. The van der Waals surface area contributed by atoms with Gasteiger partial charge in [0.1, 0.15) is 0 Å². The Kier molecular flexibility index (Phi) is 2.25. The second kappa shape index (κ2) is 3.42. The van der Waals surface area contributed by atoms with Gasteiger partial charge < -0.3 is 10.0 Å². The average molecular weight is 191 g/mol. The molecular formula is C11H13NO2. The number of rotatable bonds is 1. The molecule has 1 N–H and O–H groups in total. The average Bonchev–Trinajstić information content (AvgIpc) is 2.16. The van der Waals surface area contributed by atoms with Crippen molar-refractivity contribution in [3.63, 3.8) is 0 Å². The Labute approximate surface area is 83.0 Å². The van der Waals surface area contributed by atoms with Gasteiger partial charge in [-0.1, -0.05) is 24.3 Å². The van der Waals surface area contributed by atoms with Crippen molar-refractivity contribution in [3.05, 3.63) is 35.4 Å². The van der Waals surface area contributed by atoms with Crippen molar-refractivity contribution in [3.8, 4) is 0 Å². The Bertz CT molecular complexity index is 362. The zero-order valence-electron chi connectivity index (χ0n) is 8.10. The van der Waals surface area contributed by atoms with Gasteiger partial charge in [0.05, 0.1) is 5.92 Å². The lowest BCUT2D eigenvalue weighted by atomic mass is 9.90. The van der Waals surface area contributed by atoms with E-state index < -0.39 is 5.97 Å². The molecule has 3 nitrogen and oxygen atoms in total. The summed E-state index contributed by atoms with van der Waals surface area (Å²) >= 11 is 0. The molecule has 1 aliphatic heterocycles. The first kappa shape index (κ1) is 9.21. The van der Waals surface area contributed by atoms with Gasteiger partial charge in [-0.2, -0.15) is 0 Å². The predicted molar refractivity (Wildman–Crippen MR) is 53.2 cm³/mol. The van der Waals surface area contributed by atoms with Gasteiger partial charge >= 0.3 is 5.97 Å². The first-order chi connectivity index (χ1) is 6.68. The van der Waals surface area contributed by atoms with Crippen LogP contribution in [0.2, 0.25) is 0 Å². The largest absolute Gasteiger partial charge is 0.481 e. The highest BCUT2D eigenvalue weighted by atomic mass is 16.4. The monoisotopic (exact) mass is 191 g/mol. The minimum atomic E-state index is -0.732. The van der Waals surface area contributed by atoms with Crippen LogP contribution in [0.1, 0.15) is 17.0 Å². The maximum Gasteiger partial charge on any atom is 0.312 e. The quantitative estimate of drug-likeness (QED) is 0.727. The van der Waals surface area contributed by atoms with E-state index in [1.807, 2.05) is 36.2 Å². The van der Waals surface area contributed by atoms with Gasteiger partial charge in [-0.3, -0.25) is 4.79 Å². The van der Waals surface area contributed by atoms with E-state index in [4.69, 9.17) is 5.11 Å². The fraction of sp³-hybridized carbons (Fsp3) is 0.364. The van der Waals surface area contributed by atoms with Crippen LogP contribution in [0.3, 0.4) is 0 Å². The summed E-state index contributed by atoms with van der Waals surface area (Å²) in [6, 6.07) is 7.78. The van der Waals surface area contributed by atoms with Crippen molar-refractivity contribution in [2.24, 2.45) is 0 Å². The van der Waals surface area contributed by atoms with Crippen molar-refractivity contribution in [2.75, 3.05) is 13.6 Å². The zero-order valence-corrected chi connectivity index (χ0v) is 8.10. The molecule has 0 spiro atoms. The fourth-order valence-corrected chi connectivity index (χ4v) is 1.99. The van der Waals surface area contributed by atoms with Crippen LogP contribution in [-0.4, -0.2) is 29.6 Å². The van der Waals surface area contributed by atoms with Crippen LogP contribution < -0.4 is 0 Å². The normalized spacial score (nSPS) is 21.6. The molecule has 1 aromatic rings. The third kappa shape index (κ3) is 1.51. The lowest BCUT2D eigenvalue weighted by molar-refractivity contribution is -0.139. The third-order valence-corrected chi connectivity index (χ3v) is 2.66. The molecule has 0 radical (unpaired) electrons.